The van der Waals surface area contributed by atoms with Crippen LogP contribution >= 0.6 is 11.3 Å². The van der Waals surface area contributed by atoms with Crippen LogP contribution in [-0.4, -0.2) is 24.1 Å². The molecule has 100 valence electrons. The molecule has 2 fully saturated rings. The topological polar surface area (TPSA) is 28.2 Å². The summed E-state index contributed by atoms with van der Waals surface area (Å²) < 4.78 is 0. The minimum absolute atomic E-state index is 0.789. The fraction of sp³-hybridized carbons (Fsp3) is 0.786. The average Bonchev–Trinajstić information content (AvgIpc) is 2.90. The molecule has 0 radical (unpaired) electrons. The Morgan fingerprint density at radius 3 is 2.78 bits per heavy atom. The van der Waals surface area contributed by atoms with Gasteiger partial charge in [-0.15, -0.1) is 11.3 Å². The summed E-state index contributed by atoms with van der Waals surface area (Å²) in [5.41, 5.74) is 1.34. The van der Waals surface area contributed by atoms with Gasteiger partial charge in [-0.05, 0) is 32.1 Å². The number of rotatable bonds is 6. The zero-order valence-electron chi connectivity index (χ0n) is 11.2. The maximum absolute atomic E-state index is 4.88. The van der Waals surface area contributed by atoms with E-state index < -0.39 is 0 Å². The van der Waals surface area contributed by atoms with Crippen LogP contribution in [0.1, 0.15) is 49.6 Å². The molecule has 1 aliphatic carbocycles. The van der Waals surface area contributed by atoms with Crippen LogP contribution in [0.2, 0.25) is 0 Å². The Labute approximate surface area is 114 Å². The molecule has 0 aromatic carbocycles. The number of aromatic nitrogens is 1. The zero-order chi connectivity index (χ0) is 12.4. The van der Waals surface area contributed by atoms with E-state index in [1.54, 1.807) is 0 Å². The van der Waals surface area contributed by atoms with E-state index in [2.05, 4.69) is 17.1 Å². The van der Waals surface area contributed by atoms with Crippen LogP contribution in [0.25, 0.3) is 0 Å². The van der Waals surface area contributed by atoms with Crippen LogP contribution in [0.4, 0.5) is 5.13 Å². The molecular weight excluding hydrogens is 242 g/mol. The SMILES string of the molecule is CCCc1nc(N2CCCC2)sc1CNC1CC1. The molecule has 3 rings (SSSR count). The van der Waals surface area contributed by atoms with Gasteiger partial charge in [-0.3, -0.25) is 0 Å². The second-order valence-electron chi connectivity index (χ2n) is 5.47. The summed E-state index contributed by atoms with van der Waals surface area (Å²) in [4.78, 5) is 8.82. The first-order chi connectivity index (χ1) is 8.86. The van der Waals surface area contributed by atoms with Crippen molar-refractivity contribution in [2.45, 2.75) is 58.0 Å². The van der Waals surface area contributed by atoms with E-state index in [1.807, 2.05) is 11.3 Å². The Morgan fingerprint density at radius 2 is 2.11 bits per heavy atom. The highest BCUT2D eigenvalue weighted by atomic mass is 32.1. The minimum atomic E-state index is 0.789. The van der Waals surface area contributed by atoms with Crippen LogP contribution in [0, 0.1) is 0 Å². The minimum Gasteiger partial charge on any atom is -0.348 e. The lowest BCUT2D eigenvalue weighted by molar-refractivity contribution is 0.686. The highest BCUT2D eigenvalue weighted by Gasteiger charge is 2.23. The molecule has 4 heteroatoms. The third-order valence-electron chi connectivity index (χ3n) is 3.76. The predicted octanol–water partition coefficient (Wildman–Crippen LogP) is 2.95. The lowest BCUT2D eigenvalue weighted by Gasteiger charge is -2.12. The van der Waals surface area contributed by atoms with E-state index in [9.17, 15) is 0 Å². The molecule has 2 aliphatic rings. The van der Waals surface area contributed by atoms with Gasteiger partial charge in [-0.2, -0.15) is 0 Å². The molecule has 1 N–H and O–H groups in total. The molecule has 1 aromatic rings. The quantitative estimate of drug-likeness (QED) is 0.857. The number of nitrogens with zero attached hydrogens (tertiary/aromatic N) is 2. The van der Waals surface area contributed by atoms with E-state index in [1.165, 1.54) is 60.9 Å². The van der Waals surface area contributed by atoms with Gasteiger partial charge in [0.05, 0.1) is 5.69 Å². The van der Waals surface area contributed by atoms with Crippen molar-refractivity contribution in [1.82, 2.24) is 10.3 Å². The van der Waals surface area contributed by atoms with E-state index in [0.29, 0.717) is 0 Å². The normalized spacial score (nSPS) is 19.7. The van der Waals surface area contributed by atoms with Crippen molar-refractivity contribution < 1.29 is 0 Å². The van der Waals surface area contributed by atoms with Crippen LogP contribution < -0.4 is 10.2 Å². The van der Waals surface area contributed by atoms with Crippen molar-refractivity contribution in [1.29, 1.82) is 0 Å². The van der Waals surface area contributed by atoms with Gasteiger partial charge in [-0.25, -0.2) is 4.98 Å². The summed E-state index contributed by atoms with van der Waals surface area (Å²) in [5.74, 6) is 0. The van der Waals surface area contributed by atoms with Crippen LogP contribution in [-0.2, 0) is 13.0 Å². The first kappa shape index (κ1) is 12.4. The molecule has 1 saturated carbocycles. The summed E-state index contributed by atoms with van der Waals surface area (Å²) in [6.07, 6.45) is 7.71. The van der Waals surface area contributed by atoms with Gasteiger partial charge >= 0.3 is 0 Å². The van der Waals surface area contributed by atoms with E-state index in [-0.39, 0.29) is 0 Å². The Morgan fingerprint density at radius 1 is 1.33 bits per heavy atom. The Hall–Kier alpha value is -0.610. The summed E-state index contributed by atoms with van der Waals surface area (Å²) in [6.45, 7) is 5.68. The number of anilines is 1. The van der Waals surface area contributed by atoms with Crippen molar-refractivity contribution in [3.05, 3.63) is 10.6 Å². The second kappa shape index (κ2) is 5.57. The molecule has 0 atom stereocenters. The lowest BCUT2D eigenvalue weighted by atomic mass is 10.2. The zero-order valence-corrected chi connectivity index (χ0v) is 12.1. The molecular formula is C14H23N3S. The Balaban J connectivity index is 1.71. The standard InChI is InChI=1S/C14H23N3S/c1-2-5-12-13(10-15-11-6-7-11)18-14(16-12)17-8-3-4-9-17/h11,15H,2-10H2,1H3. The van der Waals surface area contributed by atoms with Gasteiger partial charge in [0.1, 0.15) is 0 Å². The van der Waals surface area contributed by atoms with E-state index >= 15 is 0 Å². The Bertz CT molecular complexity index is 392. The maximum Gasteiger partial charge on any atom is 0.185 e. The number of thiazole rings is 1. The fourth-order valence-electron chi connectivity index (χ4n) is 2.51. The molecule has 1 aromatic heterocycles. The molecule has 0 bridgehead atoms. The van der Waals surface area contributed by atoms with Gasteiger partial charge in [-0.1, -0.05) is 13.3 Å². The van der Waals surface area contributed by atoms with Crippen molar-refractivity contribution in [2.24, 2.45) is 0 Å². The predicted molar refractivity (Wildman–Crippen MR) is 77.4 cm³/mol. The number of aryl methyl sites for hydroxylation is 1. The summed E-state index contributed by atoms with van der Waals surface area (Å²) in [5, 5.41) is 4.89. The number of hydrogen-bond donors (Lipinski definition) is 1. The molecule has 1 saturated heterocycles. The summed E-state index contributed by atoms with van der Waals surface area (Å²) in [6, 6.07) is 0.789. The molecule has 2 heterocycles. The van der Waals surface area contributed by atoms with Gasteiger partial charge in [0.2, 0.25) is 0 Å². The van der Waals surface area contributed by atoms with Crippen molar-refractivity contribution in [3.8, 4) is 0 Å². The molecule has 0 unspecified atom stereocenters. The first-order valence-corrected chi connectivity index (χ1v) is 8.15. The monoisotopic (exact) mass is 265 g/mol. The molecule has 0 spiro atoms. The third-order valence-corrected chi connectivity index (χ3v) is 4.92. The van der Waals surface area contributed by atoms with Gasteiger partial charge in [0, 0.05) is 30.6 Å². The largest absolute Gasteiger partial charge is 0.348 e. The second-order valence-corrected chi connectivity index (χ2v) is 6.53. The van der Waals surface area contributed by atoms with Crippen molar-refractivity contribution in [3.63, 3.8) is 0 Å². The van der Waals surface area contributed by atoms with Gasteiger partial charge < -0.3 is 10.2 Å². The van der Waals surface area contributed by atoms with E-state index in [4.69, 9.17) is 4.98 Å². The highest BCUT2D eigenvalue weighted by molar-refractivity contribution is 7.15. The third kappa shape index (κ3) is 2.86. The Kier molecular flexibility index (Phi) is 3.85. The summed E-state index contributed by atoms with van der Waals surface area (Å²) >= 11 is 1.92. The van der Waals surface area contributed by atoms with Gasteiger partial charge in [0.25, 0.3) is 0 Å². The molecule has 3 nitrogen and oxygen atoms in total. The van der Waals surface area contributed by atoms with Crippen LogP contribution in [0.5, 0.6) is 0 Å². The fourth-order valence-corrected chi connectivity index (χ4v) is 3.62. The molecule has 0 amide bonds. The molecule has 1 aliphatic heterocycles. The smallest absolute Gasteiger partial charge is 0.185 e. The van der Waals surface area contributed by atoms with Gasteiger partial charge in [0.15, 0.2) is 5.13 Å². The highest BCUT2D eigenvalue weighted by Crippen LogP contribution is 2.30. The lowest BCUT2D eigenvalue weighted by Crippen LogP contribution is -2.17. The maximum atomic E-state index is 4.88. The molecule has 18 heavy (non-hydrogen) atoms. The van der Waals surface area contributed by atoms with Crippen molar-refractivity contribution >= 4 is 16.5 Å². The van der Waals surface area contributed by atoms with Crippen LogP contribution in [0.3, 0.4) is 0 Å². The number of hydrogen-bond acceptors (Lipinski definition) is 4. The van der Waals surface area contributed by atoms with Crippen LogP contribution in [0.15, 0.2) is 0 Å². The first-order valence-electron chi connectivity index (χ1n) is 7.33. The average molecular weight is 265 g/mol. The van der Waals surface area contributed by atoms with Crippen molar-refractivity contribution in [2.75, 3.05) is 18.0 Å². The number of nitrogens with one attached hydrogen (secondary N) is 1. The summed E-state index contributed by atoms with van der Waals surface area (Å²) in [7, 11) is 0. The van der Waals surface area contributed by atoms with E-state index in [0.717, 1.165) is 19.0 Å².